The number of H-pyrrole nitrogens is 1. The maximum atomic E-state index is 12.2. The van der Waals surface area contributed by atoms with Gasteiger partial charge in [0.1, 0.15) is 0 Å². The Morgan fingerprint density at radius 3 is 2.67 bits per heavy atom. The SMILES string of the molecule is NC(=O)N1Cc2cc(-c3ccncc3)ccc2C1c1c[nH]c2ccccc12. The van der Waals surface area contributed by atoms with E-state index >= 15 is 0 Å². The average molecular weight is 354 g/mol. The molecular formula is C22H18N4O. The minimum atomic E-state index is -0.410. The Hall–Kier alpha value is -3.60. The molecule has 3 N–H and O–H groups in total. The number of rotatable bonds is 2. The number of carbonyl (C=O) groups excluding carboxylic acids is 1. The Bertz CT molecular complexity index is 1150. The molecule has 5 nitrogen and oxygen atoms in total. The average Bonchev–Trinajstić information content (AvgIpc) is 3.29. The lowest BCUT2D eigenvalue weighted by atomic mass is 9.95. The smallest absolute Gasteiger partial charge is 0.315 e. The molecule has 3 heterocycles. The summed E-state index contributed by atoms with van der Waals surface area (Å²) in [4.78, 5) is 21.3. The molecule has 132 valence electrons. The van der Waals surface area contributed by atoms with Crippen molar-refractivity contribution in [2.45, 2.75) is 12.6 Å². The lowest BCUT2D eigenvalue weighted by Crippen LogP contribution is -2.34. The van der Waals surface area contributed by atoms with Crippen molar-refractivity contribution >= 4 is 16.9 Å². The molecule has 0 bridgehead atoms. The van der Waals surface area contributed by atoms with Crippen molar-refractivity contribution in [1.29, 1.82) is 0 Å². The molecule has 5 rings (SSSR count). The Balaban J connectivity index is 1.65. The first-order chi connectivity index (χ1) is 13.2. The summed E-state index contributed by atoms with van der Waals surface area (Å²) in [5.74, 6) is 0. The molecule has 1 atom stereocenters. The van der Waals surface area contributed by atoms with E-state index < -0.39 is 6.03 Å². The first kappa shape index (κ1) is 15.6. The zero-order chi connectivity index (χ0) is 18.4. The van der Waals surface area contributed by atoms with E-state index in [0.29, 0.717) is 6.54 Å². The molecule has 0 spiro atoms. The van der Waals surface area contributed by atoms with Crippen LogP contribution < -0.4 is 5.73 Å². The van der Waals surface area contributed by atoms with Crippen molar-refractivity contribution in [3.05, 3.63) is 89.9 Å². The second kappa shape index (κ2) is 5.99. The molecule has 27 heavy (non-hydrogen) atoms. The number of aromatic nitrogens is 2. The number of pyridine rings is 1. The molecule has 4 aromatic rings. The van der Waals surface area contributed by atoms with Gasteiger partial charge >= 0.3 is 6.03 Å². The molecule has 2 amide bonds. The zero-order valence-corrected chi connectivity index (χ0v) is 14.6. The van der Waals surface area contributed by atoms with Gasteiger partial charge in [-0.2, -0.15) is 0 Å². The molecule has 0 aliphatic carbocycles. The van der Waals surface area contributed by atoms with E-state index in [1.807, 2.05) is 36.5 Å². The van der Waals surface area contributed by atoms with Crippen LogP contribution in [0.25, 0.3) is 22.0 Å². The summed E-state index contributed by atoms with van der Waals surface area (Å²) in [5, 5.41) is 1.11. The monoisotopic (exact) mass is 354 g/mol. The number of nitrogens with one attached hydrogen (secondary N) is 1. The van der Waals surface area contributed by atoms with Gasteiger partial charge in [-0.15, -0.1) is 0 Å². The Labute approximate surface area is 156 Å². The van der Waals surface area contributed by atoms with E-state index in [0.717, 1.165) is 38.7 Å². The fourth-order valence-corrected chi connectivity index (χ4v) is 4.04. The molecule has 2 aromatic carbocycles. The zero-order valence-electron chi connectivity index (χ0n) is 14.6. The first-order valence-corrected chi connectivity index (χ1v) is 8.87. The second-order valence-corrected chi connectivity index (χ2v) is 6.81. The van der Waals surface area contributed by atoms with Crippen molar-refractivity contribution in [2.24, 2.45) is 5.73 Å². The number of hydrogen-bond donors (Lipinski definition) is 2. The van der Waals surface area contributed by atoms with Gasteiger partial charge < -0.3 is 15.6 Å². The van der Waals surface area contributed by atoms with Gasteiger partial charge in [0, 0.05) is 41.6 Å². The molecule has 5 heteroatoms. The lowest BCUT2D eigenvalue weighted by Gasteiger charge is -2.23. The Kier molecular flexibility index (Phi) is 3.47. The van der Waals surface area contributed by atoms with Crippen molar-refractivity contribution in [1.82, 2.24) is 14.9 Å². The van der Waals surface area contributed by atoms with Crippen LogP contribution in [0.1, 0.15) is 22.7 Å². The standard InChI is InChI=1S/C22H18N4O/c23-22(27)26-13-16-11-15(14-7-9-24-10-8-14)5-6-17(16)21(26)19-12-25-20-4-2-1-3-18(19)20/h1-12,21,25H,13H2,(H2,23,27). The summed E-state index contributed by atoms with van der Waals surface area (Å²) in [6.45, 7) is 0.508. The minimum absolute atomic E-state index is 0.180. The summed E-state index contributed by atoms with van der Waals surface area (Å²) in [5.41, 5.74) is 12.3. The highest BCUT2D eigenvalue weighted by atomic mass is 16.2. The molecule has 0 saturated heterocycles. The van der Waals surface area contributed by atoms with E-state index in [4.69, 9.17) is 5.73 Å². The number of hydrogen-bond acceptors (Lipinski definition) is 2. The summed E-state index contributed by atoms with van der Waals surface area (Å²) in [6.07, 6.45) is 5.55. The van der Waals surface area contributed by atoms with Gasteiger partial charge in [-0.3, -0.25) is 4.98 Å². The van der Waals surface area contributed by atoms with Crippen LogP contribution in [0.15, 0.2) is 73.2 Å². The summed E-state index contributed by atoms with van der Waals surface area (Å²) in [6, 6.07) is 17.9. The van der Waals surface area contributed by atoms with E-state index in [2.05, 4.69) is 34.2 Å². The van der Waals surface area contributed by atoms with Crippen LogP contribution in [-0.4, -0.2) is 20.9 Å². The van der Waals surface area contributed by atoms with Gasteiger partial charge in [-0.05, 0) is 46.5 Å². The van der Waals surface area contributed by atoms with E-state index in [1.165, 1.54) is 0 Å². The minimum Gasteiger partial charge on any atom is -0.361 e. The largest absolute Gasteiger partial charge is 0.361 e. The third-order valence-electron chi connectivity index (χ3n) is 5.30. The van der Waals surface area contributed by atoms with Crippen LogP contribution in [-0.2, 0) is 6.54 Å². The molecule has 0 fully saturated rings. The topological polar surface area (TPSA) is 75.0 Å². The predicted octanol–water partition coefficient (Wildman–Crippen LogP) is 4.21. The maximum absolute atomic E-state index is 12.2. The first-order valence-electron chi connectivity index (χ1n) is 8.87. The Morgan fingerprint density at radius 1 is 1.04 bits per heavy atom. The predicted molar refractivity (Wildman–Crippen MR) is 105 cm³/mol. The molecular weight excluding hydrogens is 336 g/mol. The van der Waals surface area contributed by atoms with E-state index in [9.17, 15) is 4.79 Å². The molecule has 1 unspecified atom stereocenters. The highest BCUT2D eigenvalue weighted by molar-refractivity contribution is 5.86. The van der Waals surface area contributed by atoms with Crippen LogP contribution in [0, 0.1) is 0 Å². The van der Waals surface area contributed by atoms with Crippen molar-refractivity contribution in [2.75, 3.05) is 0 Å². The molecule has 0 saturated carbocycles. The summed E-state index contributed by atoms with van der Waals surface area (Å²) < 4.78 is 0. The Morgan fingerprint density at radius 2 is 1.85 bits per heavy atom. The number of nitrogens with zero attached hydrogens (tertiary/aromatic N) is 2. The lowest BCUT2D eigenvalue weighted by molar-refractivity contribution is 0.199. The van der Waals surface area contributed by atoms with Crippen LogP contribution in [0.2, 0.25) is 0 Å². The highest BCUT2D eigenvalue weighted by Crippen LogP contribution is 2.42. The molecule has 0 radical (unpaired) electrons. The van der Waals surface area contributed by atoms with Gasteiger partial charge in [-0.1, -0.05) is 30.3 Å². The number of para-hydroxylation sites is 1. The molecule has 1 aliphatic rings. The number of carbonyl (C=O) groups is 1. The second-order valence-electron chi connectivity index (χ2n) is 6.81. The van der Waals surface area contributed by atoms with Gasteiger partial charge in [0.05, 0.1) is 6.04 Å². The van der Waals surface area contributed by atoms with Crippen molar-refractivity contribution in [3.8, 4) is 11.1 Å². The quantitative estimate of drug-likeness (QED) is 0.566. The van der Waals surface area contributed by atoms with Gasteiger partial charge in [0.25, 0.3) is 0 Å². The van der Waals surface area contributed by atoms with Gasteiger partial charge in [-0.25, -0.2) is 4.79 Å². The van der Waals surface area contributed by atoms with Crippen molar-refractivity contribution < 1.29 is 4.79 Å². The van der Waals surface area contributed by atoms with Crippen LogP contribution in [0.5, 0.6) is 0 Å². The van der Waals surface area contributed by atoms with Crippen molar-refractivity contribution in [3.63, 3.8) is 0 Å². The third kappa shape index (κ3) is 2.47. The van der Waals surface area contributed by atoms with E-state index in [-0.39, 0.29) is 6.04 Å². The number of nitrogens with two attached hydrogens (primary N) is 1. The van der Waals surface area contributed by atoms with Crippen LogP contribution in [0.3, 0.4) is 0 Å². The van der Waals surface area contributed by atoms with E-state index in [1.54, 1.807) is 17.3 Å². The summed E-state index contributed by atoms with van der Waals surface area (Å²) >= 11 is 0. The number of primary amides is 1. The van der Waals surface area contributed by atoms with Crippen LogP contribution >= 0.6 is 0 Å². The summed E-state index contributed by atoms with van der Waals surface area (Å²) in [7, 11) is 0. The number of amides is 2. The fraction of sp³-hybridized carbons (Fsp3) is 0.0909. The third-order valence-corrected chi connectivity index (χ3v) is 5.30. The fourth-order valence-electron chi connectivity index (χ4n) is 4.04. The number of aromatic amines is 1. The normalized spacial score (nSPS) is 15.9. The highest BCUT2D eigenvalue weighted by Gasteiger charge is 2.35. The molecule has 2 aromatic heterocycles. The number of urea groups is 1. The van der Waals surface area contributed by atoms with Crippen LogP contribution in [0.4, 0.5) is 4.79 Å². The van der Waals surface area contributed by atoms with Gasteiger partial charge in [0.2, 0.25) is 0 Å². The maximum Gasteiger partial charge on any atom is 0.315 e. The number of fused-ring (bicyclic) bond motifs is 2. The number of benzene rings is 2. The molecule has 1 aliphatic heterocycles. The van der Waals surface area contributed by atoms with Gasteiger partial charge in [0.15, 0.2) is 0 Å².